The minimum atomic E-state index is -0.137. The fourth-order valence-electron chi connectivity index (χ4n) is 4.30. The first kappa shape index (κ1) is 21.0. The summed E-state index contributed by atoms with van der Waals surface area (Å²) in [4.78, 5) is 27.5. The van der Waals surface area contributed by atoms with Crippen molar-refractivity contribution in [1.82, 2.24) is 15.5 Å². The van der Waals surface area contributed by atoms with Crippen molar-refractivity contribution in [2.75, 3.05) is 0 Å². The number of carbonyl (C=O) groups is 2. The van der Waals surface area contributed by atoms with Gasteiger partial charge in [-0.15, -0.1) is 0 Å². The highest BCUT2D eigenvalue weighted by molar-refractivity contribution is 9.10. The van der Waals surface area contributed by atoms with Gasteiger partial charge in [-0.1, -0.05) is 58.4 Å². The Balaban J connectivity index is 1.36. The number of nitrogens with one attached hydrogen (secondary N) is 2. The van der Waals surface area contributed by atoms with Gasteiger partial charge in [0.2, 0.25) is 11.8 Å². The molecule has 1 saturated carbocycles. The zero-order valence-corrected chi connectivity index (χ0v) is 18.9. The number of fused-ring (bicyclic) bond motifs is 1. The monoisotopic (exact) mass is 485 g/mol. The molecule has 0 radical (unpaired) electrons. The van der Waals surface area contributed by atoms with Gasteiger partial charge < -0.3 is 10.6 Å². The van der Waals surface area contributed by atoms with Gasteiger partial charge in [0.05, 0.1) is 12.5 Å². The molecule has 2 aliphatic rings. The van der Waals surface area contributed by atoms with Gasteiger partial charge in [-0.3, -0.25) is 14.5 Å². The van der Waals surface area contributed by atoms with Crippen molar-refractivity contribution in [2.24, 2.45) is 11.8 Å². The molecule has 0 bridgehead atoms. The lowest BCUT2D eigenvalue weighted by molar-refractivity contribution is -0.138. The van der Waals surface area contributed by atoms with E-state index in [4.69, 9.17) is 12.2 Å². The molecule has 2 amide bonds. The van der Waals surface area contributed by atoms with E-state index in [0.29, 0.717) is 37.5 Å². The lowest BCUT2D eigenvalue weighted by Gasteiger charge is -2.43. The van der Waals surface area contributed by atoms with Gasteiger partial charge in [0.1, 0.15) is 0 Å². The van der Waals surface area contributed by atoms with Crippen molar-refractivity contribution >= 4 is 45.1 Å². The minimum Gasteiger partial charge on any atom is -0.359 e. The summed E-state index contributed by atoms with van der Waals surface area (Å²) in [5.41, 5.74) is 2.10. The largest absolute Gasteiger partial charge is 0.359 e. The summed E-state index contributed by atoms with van der Waals surface area (Å²) >= 11 is 8.98. The predicted octanol–water partition coefficient (Wildman–Crippen LogP) is 3.77. The molecule has 3 unspecified atom stereocenters. The quantitative estimate of drug-likeness (QED) is 0.632. The van der Waals surface area contributed by atoms with Gasteiger partial charge in [-0.2, -0.15) is 0 Å². The summed E-state index contributed by atoms with van der Waals surface area (Å²) in [6.07, 6.45) is 2.03. The molecule has 30 heavy (non-hydrogen) atoms. The van der Waals surface area contributed by atoms with Crippen molar-refractivity contribution in [2.45, 2.75) is 38.4 Å². The molecule has 2 N–H and O–H groups in total. The first-order valence-electron chi connectivity index (χ1n) is 10.2. The Bertz CT molecular complexity index is 952. The highest BCUT2D eigenvalue weighted by atomic mass is 79.9. The summed E-state index contributed by atoms with van der Waals surface area (Å²) in [7, 11) is 0. The molecule has 2 aromatic carbocycles. The van der Waals surface area contributed by atoms with Crippen molar-refractivity contribution in [3.05, 3.63) is 70.2 Å². The molecule has 1 heterocycles. The Hall–Kier alpha value is -2.25. The fraction of sp³-hybridized carbons (Fsp3) is 0.348. The number of amides is 2. The lowest BCUT2D eigenvalue weighted by atomic mass is 9.76. The standard InChI is InChI=1S/C23H24BrN3O2S/c24-18-8-4-7-16(11-18)14-27-22(29)19-10-9-17(12-20(19)26-23(27)30)21(28)25-13-15-5-2-1-3-6-15/h1-8,11,17,19-20H,9-10,12-14H2,(H,25,28)(H,26,30). The minimum absolute atomic E-state index is 0.0500. The van der Waals surface area contributed by atoms with E-state index in [1.165, 1.54) is 0 Å². The van der Waals surface area contributed by atoms with Gasteiger partial charge >= 0.3 is 0 Å². The number of rotatable bonds is 5. The average Bonchev–Trinajstić information content (AvgIpc) is 2.75. The van der Waals surface area contributed by atoms with Crippen LogP contribution in [0, 0.1) is 11.8 Å². The van der Waals surface area contributed by atoms with Crippen LogP contribution >= 0.6 is 28.1 Å². The number of nitrogens with zero attached hydrogens (tertiary/aromatic N) is 1. The number of hydrogen-bond acceptors (Lipinski definition) is 3. The van der Waals surface area contributed by atoms with Gasteiger partial charge in [-0.25, -0.2) is 0 Å². The van der Waals surface area contributed by atoms with E-state index < -0.39 is 0 Å². The molecule has 0 spiro atoms. The molecule has 1 saturated heterocycles. The third-order valence-electron chi connectivity index (χ3n) is 5.90. The molecule has 2 fully saturated rings. The predicted molar refractivity (Wildman–Crippen MR) is 123 cm³/mol. The van der Waals surface area contributed by atoms with Crippen LogP contribution in [0.1, 0.15) is 30.4 Å². The van der Waals surface area contributed by atoms with Crippen LogP contribution in [0.4, 0.5) is 0 Å². The van der Waals surface area contributed by atoms with Crippen molar-refractivity contribution < 1.29 is 9.59 Å². The van der Waals surface area contributed by atoms with E-state index in [1.54, 1.807) is 4.90 Å². The van der Waals surface area contributed by atoms with E-state index in [-0.39, 0.29) is 29.7 Å². The highest BCUT2D eigenvalue weighted by Crippen LogP contribution is 2.34. The van der Waals surface area contributed by atoms with Crippen LogP contribution < -0.4 is 10.6 Å². The first-order valence-corrected chi connectivity index (χ1v) is 11.4. The van der Waals surface area contributed by atoms with E-state index >= 15 is 0 Å². The Morgan fingerprint density at radius 2 is 1.90 bits per heavy atom. The Morgan fingerprint density at radius 3 is 2.67 bits per heavy atom. The summed E-state index contributed by atoms with van der Waals surface area (Å²) in [5.74, 6) is -0.127. The topological polar surface area (TPSA) is 61.4 Å². The van der Waals surface area contributed by atoms with Gasteiger partial charge in [0, 0.05) is 23.0 Å². The van der Waals surface area contributed by atoms with Gasteiger partial charge in [-0.05, 0) is 54.7 Å². The summed E-state index contributed by atoms with van der Waals surface area (Å²) in [6.45, 7) is 0.976. The van der Waals surface area contributed by atoms with Crippen LogP contribution in [0.3, 0.4) is 0 Å². The number of halogens is 1. The number of carbonyl (C=O) groups excluding carboxylic acids is 2. The molecular formula is C23H24BrN3O2S. The van der Waals surface area contributed by atoms with Crippen LogP contribution in [0.15, 0.2) is 59.1 Å². The Labute approximate surface area is 190 Å². The van der Waals surface area contributed by atoms with Gasteiger partial charge in [0.15, 0.2) is 5.11 Å². The normalized spacial score (nSPS) is 23.5. The second-order valence-corrected chi connectivity index (χ2v) is 9.23. The third kappa shape index (κ3) is 4.73. The molecule has 2 aromatic rings. The molecule has 1 aliphatic heterocycles. The maximum absolute atomic E-state index is 13.1. The van der Waals surface area contributed by atoms with Gasteiger partial charge in [0.25, 0.3) is 0 Å². The summed E-state index contributed by atoms with van der Waals surface area (Å²) in [6, 6.07) is 17.7. The molecule has 1 aliphatic carbocycles. The molecule has 4 rings (SSSR count). The second-order valence-electron chi connectivity index (χ2n) is 7.93. The molecule has 156 valence electrons. The third-order valence-corrected chi connectivity index (χ3v) is 6.73. The van der Waals surface area contributed by atoms with Crippen molar-refractivity contribution in [1.29, 1.82) is 0 Å². The van der Waals surface area contributed by atoms with E-state index in [1.807, 2.05) is 54.6 Å². The van der Waals surface area contributed by atoms with Crippen LogP contribution in [0.25, 0.3) is 0 Å². The van der Waals surface area contributed by atoms with E-state index in [0.717, 1.165) is 15.6 Å². The lowest BCUT2D eigenvalue weighted by Crippen LogP contribution is -2.61. The van der Waals surface area contributed by atoms with Crippen molar-refractivity contribution in [3.8, 4) is 0 Å². The maximum Gasteiger partial charge on any atom is 0.234 e. The Kier molecular flexibility index (Phi) is 6.49. The summed E-state index contributed by atoms with van der Waals surface area (Å²) < 4.78 is 0.975. The molecule has 7 heteroatoms. The van der Waals surface area contributed by atoms with Crippen LogP contribution in [-0.2, 0) is 22.7 Å². The zero-order chi connectivity index (χ0) is 21.1. The van der Waals surface area contributed by atoms with Crippen LogP contribution in [0.5, 0.6) is 0 Å². The zero-order valence-electron chi connectivity index (χ0n) is 16.5. The SMILES string of the molecule is O=C(NCc1ccccc1)C1CCC2C(=O)N(Cc3cccc(Br)c3)C(=S)NC2C1. The van der Waals surface area contributed by atoms with E-state index in [2.05, 4.69) is 26.6 Å². The van der Waals surface area contributed by atoms with Crippen molar-refractivity contribution in [3.63, 3.8) is 0 Å². The second kappa shape index (κ2) is 9.27. The first-order chi connectivity index (χ1) is 14.5. The average molecular weight is 486 g/mol. The highest BCUT2D eigenvalue weighted by Gasteiger charge is 2.44. The smallest absolute Gasteiger partial charge is 0.234 e. The summed E-state index contributed by atoms with van der Waals surface area (Å²) in [5, 5.41) is 6.82. The fourth-order valence-corrected chi connectivity index (χ4v) is 5.05. The molecular weight excluding hydrogens is 462 g/mol. The molecule has 0 aromatic heterocycles. The number of thiocarbonyl (C=S) groups is 1. The number of benzene rings is 2. The number of hydrogen-bond donors (Lipinski definition) is 2. The maximum atomic E-state index is 13.1. The molecule has 3 atom stereocenters. The van der Waals surface area contributed by atoms with Crippen LogP contribution in [0.2, 0.25) is 0 Å². The molecule has 5 nitrogen and oxygen atoms in total. The van der Waals surface area contributed by atoms with E-state index in [9.17, 15) is 9.59 Å². The Morgan fingerprint density at radius 1 is 1.13 bits per heavy atom. The van der Waals surface area contributed by atoms with Crippen LogP contribution in [-0.4, -0.2) is 27.9 Å².